The summed E-state index contributed by atoms with van der Waals surface area (Å²) in [4.78, 5) is 0. The van der Waals surface area contributed by atoms with Gasteiger partial charge in [-0.15, -0.1) is 5.73 Å². The number of fused-ring (bicyclic) bond motifs is 1. The summed E-state index contributed by atoms with van der Waals surface area (Å²) in [6.45, 7) is 0. The Morgan fingerprint density at radius 2 is 1.92 bits per heavy atom. The van der Waals surface area contributed by atoms with E-state index in [0.29, 0.717) is 0 Å². The molecule has 1 aliphatic carbocycles. The molecule has 0 bridgehead atoms. The molecule has 1 aromatic carbocycles. The van der Waals surface area contributed by atoms with Gasteiger partial charge in [-0.2, -0.15) is 0 Å². The third-order valence-electron chi connectivity index (χ3n) is 1.93. The van der Waals surface area contributed by atoms with Gasteiger partial charge in [-0.3, -0.25) is 0 Å². The lowest BCUT2D eigenvalue weighted by atomic mass is 10.2. The molecular weight excluding hydrogens is 144 g/mol. The van der Waals surface area contributed by atoms with E-state index in [4.69, 9.17) is 0 Å². The molecule has 0 nitrogen and oxygen atoms in total. The topological polar surface area (TPSA) is 0 Å². The van der Waals surface area contributed by atoms with E-state index in [-0.39, 0.29) is 0 Å². The second-order valence-corrected chi connectivity index (χ2v) is 2.77. The van der Waals surface area contributed by atoms with E-state index in [1.165, 1.54) is 10.4 Å². The van der Waals surface area contributed by atoms with Crippen LogP contribution in [0.4, 0.5) is 0 Å². The highest BCUT2D eigenvalue weighted by molar-refractivity contribution is 5.41. The molecule has 1 aromatic rings. The first-order valence-corrected chi connectivity index (χ1v) is 4.13. The van der Waals surface area contributed by atoms with Crippen LogP contribution in [0.2, 0.25) is 0 Å². The Kier molecular flexibility index (Phi) is 1.94. The third-order valence-corrected chi connectivity index (χ3v) is 1.93. The van der Waals surface area contributed by atoms with E-state index in [0.717, 1.165) is 6.42 Å². The van der Waals surface area contributed by atoms with E-state index in [9.17, 15) is 0 Å². The van der Waals surface area contributed by atoms with Gasteiger partial charge in [0.2, 0.25) is 0 Å². The Morgan fingerprint density at radius 1 is 1.08 bits per heavy atom. The first-order chi connectivity index (χ1) is 5.97. The summed E-state index contributed by atoms with van der Waals surface area (Å²) in [6.07, 6.45) is 9.27. The normalized spacial score (nSPS) is 13.7. The molecule has 0 aromatic heterocycles. The minimum absolute atomic E-state index is 0.974. The minimum Gasteiger partial charge on any atom is -0.125 e. The van der Waals surface area contributed by atoms with Gasteiger partial charge in [0.05, 0.1) is 0 Å². The summed E-state index contributed by atoms with van der Waals surface area (Å²) >= 11 is 0. The Bertz CT molecular complexity index is 443. The Labute approximate surface area is 71.9 Å². The Hall–Kier alpha value is -1.52. The lowest BCUT2D eigenvalue weighted by molar-refractivity contribution is 1.42. The van der Waals surface area contributed by atoms with Crippen molar-refractivity contribution in [3.63, 3.8) is 0 Å². The van der Waals surface area contributed by atoms with Crippen LogP contribution in [-0.4, -0.2) is 0 Å². The molecule has 0 amide bonds. The molecule has 0 radical (unpaired) electrons. The molecule has 0 aliphatic heterocycles. The lowest BCUT2D eigenvalue weighted by Gasteiger charge is -1.90. The van der Waals surface area contributed by atoms with E-state index in [1.807, 2.05) is 12.2 Å². The first kappa shape index (κ1) is 7.15. The third kappa shape index (κ3) is 1.39. The van der Waals surface area contributed by atoms with Crippen LogP contribution in [0.25, 0.3) is 12.2 Å². The summed E-state index contributed by atoms with van der Waals surface area (Å²) in [5.74, 6) is 0. The molecule has 0 heterocycles. The molecule has 0 saturated heterocycles. The average molecular weight is 154 g/mol. The van der Waals surface area contributed by atoms with Gasteiger partial charge in [0, 0.05) is 0 Å². The van der Waals surface area contributed by atoms with E-state index in [2.05, 4.69) is 42.1 Å². The highest BCUT2D eigenvalue weighted by atomic mass is 13.9. The van der Waals surface area contributed by atoms with Gasteiger partial charge in [-0.25, -0.2) is 0 Å². The number of benzene rings is 1. The van der Waals surface area contributed by atoms with Gasteiger partial charge in [0.15, 0.2) is 0 Å². The van der Waals surface area contributed by atoms with Gasteiger partial charge in [0.25, 0.3) is 0 Å². The second kappa shape index (κ2) is 3.25. The zero-order valence-electron chi connectivity index (χ0n) is 6.83. The van der Waals surface area contributed by atoms with Crippen LogP contribution >= 0.6 is 0 Å². The van der Waals surface area contributed by atoms with Gasteiger partial charge in [0.1, 0.15) is 0 Å². The number of allylic oxidation sites excluding steroid dienone is 1. The number of rotatable bonds is 0. The number of hydrogen-bond acceptors (Lipinski definition) is 0. The second-order valence-electron chi connectivity index (χ2n) is 2.77. The summed E-state index contributed by atoms with van der Waals surface area (Å²) < 4.78 is 0. The Balaban J connectivity index is 2.79. The van der Waals surface area contributed by atoms with Crippen LogP contribution in [0, 0.1) is 0 Å². The van der Waals surface area contributed by atoms with Gasteiger partial charge < -0.3 is 0 Å². The fourth-order valence-electron chi connectivity index (χ4n) is 1.31. The van der Waals surface area contributed by atoms with Crippen molar-refractivity contribution in [1.29, 1.82) is 0 Å². The van der Waals surface area contributed by atoms with Crippen molar-refractivity contribution in [2.45, 2.75) is 6.42 Å². The molecule has 0 spiro atoms. The molecule has 0 fully saturated rings. The van der Waals surface area contributed by atoms with E-state index in [1.54, 1.807) is 0 Å². The van der Waals surface area contributed by atoms with Crippen molar-refractivity contribution in [2.24, 2.45) is 0 Å². The van der Waals surface area contributed by atoms with Crippen molar-refractivity contribution in [3.8, 4) is 0 Å². The zero-order valence-corrected chi connectivity index (χ0v) is 6.83. The molecule has 1 aliphatic rings. The average Bonchev–Trinajstić information content (AvgIpc) is 2.06. The molecule has 58 valence electrons. The standard InChI is InChI=1S/C12H10/c1-2-4-8-12-10-6-5-9-11(12)7-3-1/h1,4-10H,3H2. The molecule has 0 saturated carbocycles. The first-order valence-electron chi connectivity index (χ1n) is 4.13. The molecular formula is C12H10. The monoisotopic (exact) mass is 154 g/mol. The lowest BCUT2D eigenvalue weighted by Crippen LogP contribution is -2.23. The van der Waals surface area contributed by atoms with Crippen molar-refractivity contribution in [2.75, 3.05) is 0 Å². The van der Waals surface area contributed by atoms with Crippen LogP contribution in [0.3, 0.4) is 0 Å². The Morgan fingerprint density at radius 3 is 2.83 bits per heavy atom. The predicted octanol–water partition coefficient (Wildman–Crippen LogP) is 1.36. The van der Waals surface area contributed by atoms with Crippen molar-refractivity contribution < 1.29 is 0 Å². The summed E-state index contributed by atoms with van der Waals surface area (Å²) in [5.41, 5.74) is 3.09. The summed E-state index contributed by atoms with van der Waals surface area (Å²) in [5, 5.41) is 2.59. The maximum absolute atomic E-state index is 3.09. The van der Waals surface area contributed by atoms with E-state index < -0.39 is 0 Å². The van der Waals surface area contributed by atoms with E-state index >= 15 is 0 Å². The van der Waals surface area contributed by atoms with Crippen LogP contribution < -0.4 is 10.4 Å². The SMILES string of the molecule is C1=CC=c2ccccc2=CCC=1. The van der Waals surface area contributed by atoms with Crippen LogP contribution in [-0.2, 0) is 0 Å². The summed E-state index contributed by atoms with van der Waals surface area (Å²) in [6, 6.07) is 8.38. The maximum atomic E-state index is 3.09. The fraction of sp³-hybridized carbons (Fsp3) is 0.0833. The van der Waals surface area contributed by atoms with Crippen molar-refractivity contribution in [1.82, 2.24) is 0 Å². The smallest absolute Gasteiger partial charge is 0.00837 e. The van der Waals surface area contributed by atoms with Gasteiger partial charge >= 0.3 is 0 Å². The maximum Gasteiger partial charge on any atom is -0.00837 e. The van der Waals surface area contributed by atoms with Gasteiger partial charge in [-0.05, 0) is 35.1 Å². The number of hydrogen-bond donors (Lipinski definition) is 0. The van der Waals surface area contributed by atoms with Crippen LogP contribution in [0.1, 0.15) is 6.42 Å². The largest absolute Gasteiger partial charge is 0.125 e. The molecule has 0 N–H and O–H groups in total. The highest BCUT2D eigenvalue weighted by Crippen LogP contribution is 1.85. The molecule has 0 unspecified atom stereocenters. The van der Waals surface area contributed by atoms with Crippen molar-refractivity contribution >= 4 is 12.2 Å². The van der Waals surface area contributed by atoms with Crippen LogP contribution in [0.5, 0.6) is 0 Å². The quantitative estimate of drug-likeness (QED) is 0.495. The zero-order chi connectivity index (χ0) is 8.23. The molecule has 0 atom stereocenters. The highest BCUT2D eigenvalue weighted by Gasteiger charge is 1.83. The van der Waals surface area contributed by atoms with Gasteiger partial charge in [-0.1, -0.05) is 30.3 Å². The minimum atomic E-state index is 0.974. The molecule has 12 heavy (non-hydrogen) atoms. The van der Waals surface area contributed by atoms with Crippen LogP contribution in [0.15, 0.2) is 42.1 Å². The van der Waals surface area contributed by atoms with Crippen molar-refractivity contribution in [3.05, 3.63) is 52.6 Å². The molecule has 2 rings (SSSR count). The fourth-order valence-corrected chi connectivity index (χ4v) is 1.31. The predicted molar refractivity (Wildman–Crippen MR) is 51.9 cm³/mol. The summed E-state index contributed by atoms with van der Waals surface area (Å²) in [7, 11) is 0. The molecule has 0 heteroatoms.